The highest BCUT2D eigenvalue weighted by atomic mass is 16.3. The first-order valence-corrected chi connectivity index (χ1v) is 6.44. The van der Waals surface area contributed by atoms with Crippen LogP contribution >= 0.6 is 0 Å². The SMILES string of the molecule is CCC(C)(C)CNC(C)Cc1ccc(O)cc1. The second-order valence-corrected chi connectivity index (χ2v) is 5.67. The third kappa shape index (κ3) is 5.22. The number of aromatic hydroxyl groups is 1. The summed E-state index contributed by atoms with van der Waals surface area (Å²) in [5.41, 5.74) is 1.63. The minimum absolute atomic E-state index is 0.335. The molecule has 96 valence electrons. The fourth-order valence-electron chi connectivity index (χ4n) is 1.63. The molecule has 0 amide bonds. The Labute approximate surface area is 105 Å². The summed E-state index contributed by atoms with van der Waals surface area (Å²) in [7, 11) is 0. The predicted octanol–water partition coefficient (Wildman–Crippen LogP) is 3.35. The summed E-state index contributed by atoms with van der Waals surface area (Å²) in [5.74, 6) is 0.335. The molecular weight excluding hydrogens is 210 g/mol. The van der Waals surface area contributed by atoms with E-state index in [0.717, 1.165) is 13.0 Å². The summed E-state index contributed by atoms with van der Waals surface area (Å²) in [6.45, 7) is 10.0. The van der Waals surface area contributed by atoms with E-state index in [1.807, 2.05) is 12.1 Å². The van der Waals surface area contributed by atoms with Crippen LogP contribution in [0.5, 0.6) is 5.75 Å². The molecule has 1 unspecified atom stereocenters. The van der Waals surface area contributed by atoms with Crippen LogP contribution in [0.25, 0.3) is 0 Å². The average Bonchev–Trinajstić information content (AvgIpc) is 2.30. The lowest BCUT2D eigenvalue weighted by Gasteiger charge is -2.25. The zero-order chi connectivity index (χ0) is 12.9. The van der Waals surface area contributed by atoms with Gasteiger partial charge in [-0.05, 0) is 42.9 Å². The number of nitrogens with one attached hydrogen (secondary N) is 1. The number of hydrogen-bond acceptors (Lipinski definition) is 2. The van der Waals surface area contributed by atoms with Crippen molar-refractivity contribution in [3.63, 3.8) is 0 Å². The number of hydrogen-bond donors (Lipinski definition) is 2. The normalized spacial score (nSPS) is 13.6. The maximum Gasteiger partial charge on any atom is 0.115 e. The van der Waals surface area contributed by atoms with Crippen LogP contribution in [0.3, 0.4) is 0 Å². The van der Waals surface area contributed by atoms with Gasteiger partial charge in [-0.1, -0.05) is 32.9 Å². The Balaban J connectivity index is 2.39. The topological polar surface area (TPSA) is 32.3 Å². The number of phenolic OH excluding ortho intramolecular Hbond substituents is 1. The van der Waals surface area contributed by atoms with Crippen LogP contribution in [-0.2, 0) is 6.42 Å². The molecule has 0 heterocycles. The Morgan fingerprint density at radius 3 is 2.35 bits per heavy atom. The Hall–Kier alpha value is -1.02. The predicted molar refractivity (Wildman–Crippen MR) is 73.3 cm³/mol. The quantitative estimate of drug-likeness (QED) is 0.792. The number of phenols is 1. The van der Waals surface area contributed by atoms with E-state index in [4.69, 9.17) is 0 Å². The van der Waals surface area contributed by atoms with Crippen LogP contribution in [0.4, 0.5) is 0 Å². The zero-order valence-corrected chi connectivity index (χ0v) is 11.5. The fraction of sp³-hybridized carbons (Fsp3) is 0.600. The molecule has 1 rings (SSSR count). The second-order valence-electron chi connectivity index (χ2n) is 5.67. The van der Waals surface area contributed by atoms with Crippen LogP contribution < -0.4 is 5.32 Å². The molecule has 0 aliphatic carbocycles. The monoisotopic (exact) mass is 235 g/mol. The lowest BCUT2D eigenvalue weighted by atomic mass is 9.90. The largest absolute Gasteiger partial charge is 0.508 e. The van der Waals surface area contributed by atoms with E-state index in [0.29, 0.717) is 17.2 Å². The van der Waals surface area contributed by atoms with Crippen molar-refractivity contribution in [3.05, 3.63) is 29.8 Å². The summed E-state index contributed by atoms with van der Waals surface area (Å²) < 4.78 is 0. The van der Waals surface area contributed by atoms with E-state index in [9.17, 15) is 5.11 Å². The average molecular weight is 235 g/mol. The summed E-state index contributed by atoms with van der Waals surface area (Å²) >= 11 is 0. The molecule has 2 N–H and O–H groups in total. The Kier molecular flexibility index (Phi) is 5.01. The highest BCUT2D eigenvalue weighted by Gasteiger charge is 2.15. The molecule has 0 spiro atoms. The molecule has 0 saturated heterocycles. The Morgan fingerprint density at radius 2 is 1.82 bits per heavy atom. The minimum Gasteiger partial charge on any atom is -0.508 e. The molecule has 1 aromatic carbocycles. The first kappa shape index (κ1) is 14.0. The molecule has 2 heteroatoms. The summed E-state index contributed by atoms with van der Waals surface area (Å²) in [6.07, 6.45) is 2.19. The number of benzene rings is 1. The molecule has 2 nitrogen and oxygen atoms in total. The smallest absolute Gasteiger partial charge is 0.115 e. The zero-order valence-electron chi connectivity index (χ0n) is 11.5. The maximum atomic E-state index is 9.22. The van der Waals surface area contributed by atoms with Gasteiger partial charge in [0.25, 0.3) is 0 Å². The third-order valence-electron chi connectivity index (χ3n) is 3.36. The minimum atomic E-state index is 0.335. The Bertz CT molecular complexity index is 329. The molecule has 1 atom stereocenters. The Morgan fingerprint density at radius 1 is 1.24 bits per heavy atom. The van der Waals surface area contributed by atoms with Gasteiger partial charge in [-0.25, -0.2) is 0 Å². The van der Waals surface area contributed by atoms with Gasteiger partial charge >= 0.3 is 0 Å². The van der Waals surface area contributed by atoms with Gasteiger partial charge in [0.15, 0.2) is 0 Å². The van der Waals surface area contributed by atoms with Gasteiger partial charge in [-0.15, -0.1) is 0 Å². The van der Waals surface area contributed by atoms with E-state index in [-0.39, 0.29) is 0 Å². The molecule has 0 aliphatic heterocycles. The second kappa shape index (κ2) is 6.06. The molecular formula is C15H25NO. The van der Waals surface area contributed by atoms with Crippen molar-refractivity contribution in [1.82, 2.24) is 5.32 Å². The van der Waals surface area contributed by atoms with E-state index in [1.54, 1.807) is 12.1 Å². The van der Waals surface area contributed by atoms with Crippen molar-refractivity contribution in [2.75, 3.05) is 6.54 Å². The fourth-order valence-corrected chi connectivity index (χ4v) is 1.63. The molecule has 17 heavy (non-hydrogen) atoms. The van der Waals surface area contributed by atoms with Crippen LogP contribution in [0, 0.1) is 5.41 Å². The summed E-state index contributed by atoms with van der Waals surface area (Å²) in [5, 5.41) is 12.8. The highest BCUT2D eigenvalue weighted by molar-refractivity contribution is 5.26. The molecule has 0 bridgehead atoms. The van der Waals surface area contributed by atoms with E-state index in [1.165, 1.54) is 12.0 Å². The van der Waals surface area contributed by atoms with Crippen LogP contribution in [0.15, 0.2) is 24.3 Å². The van der Waals surface area contributed by atoms with Gasteiger partial charge in [-0.3, -0.25) is 0 Å². The lowest BCUT2D eigenvalue weighted by molar-refractivity contribution is 0.312. The van der Waals surface area contributed by atoms with E-state index in [2.05, 4.69) is 33.0 Å². The maximum absolute atomic E-state index is 9.22. The van der Waals surface area contributed by atoms with Crippen LogP contribution in [0.1, 0.15) is 39.7 Å². The first-order valence-electron chi connectivity index (χ1n) is 6.44. The molecule has 0 aromatic heterocycles. The summed E-state index contributed by atoms with van der Waals surface area (Å²) in [4.78, 5) is 0. The molecule has 0 saturated carbocycles. The standard InChI is InChI=1S/C15H25NO/c1-5-15(3,4)11-16-12(2)10-13-6-8-14(17)9-7-13/h6-9,12,16-17H,5,10-11H2,1-4H3. The van der Waals surface area contributed by atoms with Gasteiger partial charge in [0, 0.05) is 12.6 Å². The molecule has 0 radical (unpaired) electrons. The van der Waals surface area contributed by atoms with E-state index >= 15 is 0 Å². The van der Waals surface area contributed by atoms with Crippen LogP contribution in [0.2, 0.25) is 0 Å². The van der Waals surface area contributed by atoms with Gasteiger partial charge < -0.3 is 10.4 Å². The van der Waals surface area contributed by atoms with Crippen molar-refractivity contribution in [1.29, 1.82) is 0 Å². The highest BCUT2D eigenvalue weighted by Crippen LogP contribution is 2.18. The van der Waals surface area contributed by atoms with Gasteiger partial charge in [0.05, 0.1) is 0 Å². The van der Waals surface area contributed by atoms with Crippen LogP contribution in [-0.4, -0.2) is 17.7 Å². The van der Waals surface area contributed by atoms with Crippen molar-refractivity contribution in [2.24, 2.45) is 5.41 Å². The van der Waals surface area contributed by atoms with E-state index < -0.39 is 0 Å². The van der Waals surface area contributed by atoms with Crippen molar-refractivity contribution < 1.29 is 5.11 Å². The molecule has 0 fully saturated rings. The van der Waals surface area contributed by atoms with Gasteiger partial charge in [0.1, 0.15) is 5.75 Å². The van der Waals surface area contributed by atoms with Gasteiger partial charge in [0.2, 0.25) is 0 Å². The van der Waals surface area contributed by atoms with Crippen molar-refractivity contribution in [2.45, 2.75) is 46.6 Å². The third-order valence-corrected chi connectivity index (χ3v) is 3.36. The number of rotatable bonds is 6. The molecule has 1 aromatic rings. The van der Waals surface area contributed by atoms with Crippen molar-refractivity contribution >= 4 is 0 Å². The van der Waals surface area contributed by atoms with Crippen molar-refractivity contribution in [3.8, 4) is 5.75 Å². The first-order chi connectivity index (χ1) is 7.93. The summed E-state index contributed by atoms with van der Waals surface area (Å²) in [6, 6.07) is 7.93. The lowest BCUT2D eigenvalue weighted by Crippen LogP contribution is -2.36. The van der Waals surface area contributed by atoms with Gasteiger partial charge in [-0.2, -0.15) is 0 Å². The molecule has 0 aliphatic rings.